The fourth-order valence-corrected chi connectivity index (χ4v) is 4.22. The van der Waals surface area contributed by atoms with Gasteiger partial charge in [-0.05, 0) is 70.4 Å². The van der Waals surface area contributed by atoms with Crippen LogP contribution in [0.1, 0.15) is 55.1 Å². The molecular formula is C25H35N3O. The monoisotopic (exact) mass is 393 g/mol. The van der Waals surface area contributed by atoms with Crippen molar-refractivity contribution < 1.29 is 4.79 Å². The van der Waals surface area contributed by atoms with Gasteiger partial charge < -0.3 is 10.2 Å². The van der Waals surface area contributed by atoms with Crippen LogP contribution in [0.2, 0.25) is 0 Å². The summed E-state index contributed by atoms with van der Waals surface area (Å²) in [6.45, 7) is 12.7. The average Bonchev–Trinajstić information content (AvgIpc) is 2.70. The molecule has 0 radical (unpaired) electrons. The molecule has 0 aromatic heterocycles. The molecule has 1 aliphatic rings. The number of benzene rings is 2. The highest BCUT2D eigenvalue weighted by atomic mass is 16.1. The molecule has 4 heteroatoms. The molecule has 1 fully saturated rings. The summed E-state index contributed by atoms with van der Waals surface area (Å²) >= 11 is 0. The van der Waals surface area contributed by atoms with Gasteiger partial charge >= 0.3 is 0 Å². The number of carbonyl (C=O) groups excluding carboxylic acids is 1. The summed E-state index contributed by atoms with van der Waals surface area (Å²) in [6.07, 6.45) is 2.01. The summed E-state index contributed by atoms with van der Waals surface area (Å²) in [5.41, 5.74) is 4.60. The summed E-state index contributed by atoms with van der Waals surface area (Å²) in [4.78, 5) is 17.5. The molecule has 4 nitrogen and oxygen atoms in total. The van der Waals surface area contributed by atoms with Gasteiger partial charge in [0.25, 0.3) is 5.91 Å². The highest BCUT2D eigenvalue weighted by molar-refractivity contribution is 5.94. The maximum atomic E-state index is 12.7. The number of anilines is 1. The average molecular weight is 394 g/mol. The Labute approximate surface area is 175 Å². The number of nitrogens with zero attached hydrogens (tertiary/aromatic N) is 2. The lowest BCUT2D eigenvalue weighted by Crippen LogP contribution is -2.44. The van der Waals surface area contributed by atoms with Crippen molar-refractivity contribution in [2.45, 2.75) is 59.2 Å². The minimum atomic E-state index is 0.0429. The second-order valence-electron chi connectivity index (χ2n) is 8.44. The minimum absolute atomic E-state index is 0.0429. The van der Waals surface area contributed by atoms with Gasteiger partial charge in [-0.1, -0.05) is 29.8 Å². The largest absolute Gasteiger partial charge is 0.369 e. The fourth-order valence-electron chi connectivity index (χ4n) is 4.22. The van der Waals surface area contributed by atoms with E-state index in [1.807, 2.05) is 12.1 Å². The number of piperidine rings is 1. The van der Waals surface area contributed by atoms with Crippen LogP contribution in [0, 0.1) is 6.92 Å². The Morgan fingerprint density at radius 3 is 2.41 bits per heavy atom. The fraction of sp³-hybridized carbons (Fsp3) is 0.480. The second-order valence-corrected chi connectivity index (χ2v) is 8.44. The number of aryl methyl sites for hydroxylation is 1. The highest BCUT2D eigenvalue weighted by Gasteiger charge is 2.21. The van der Waals surface area contributed by atoms with Gasteiger partial charge in [-0.2, -0.15) is 0 Å². The Bertz CT molecular complexity index is 792. The molecular weight excluding hydrogens is 358 g/mol. The first-order valence-corrected chi connectivity index (χ1v) is 10.9. The lowest BCUT2D eigenvalue weighted by atomic mass is 10.0. The Morgan fingerprint density at radius 1 is 1.14 bits per heavy atom. The third kappa shape index (κ3) is 5.83. The summed E-state index contributed by atoms with van der Waals surface area (Å²) in [6, 6.07) is 17.4. The van der Waals surface area contributed by atoms with E-state index in [1.165, 1.54) is 16.8 Å². The lowest BCUT2D eigenvalue weighted by Gasteiger charge is -2.32. The van der Waals surface area contributed by atoms with Crippen molar-refractivity contribution in [3.8, 4) is 0 Å². The van der Waals surface area contributed by atoms with E-state index in [0.717, 1.165) is 44.6 Å². The van der Waals surface area contributed by atoms with E-state index in [9.17, 15) is 4.79 Å². The smallest absolute Gasteiger partial charge is 0.251 e. The van der Waals surface area contributed by atoms with E-state index >= 15 is 0 Å². The maximum absolute atomic E-state index is 12.7. The molecule has 1 aliphatic heterocycles. The number of hydrogen-bond acceptors (Lipinski definition) is 3. The summed E-state index contributed by atoms with van der Waals surface area (Å²) in [5, 5.41) is 3.23. The number of likely N-dealkylation sites (tertiary alicyclic amines) is 1. The predicted octanol–water partition coefficient (Wildman–Crippen LogP) is 4.62. The van der Waals surface area contributed by atoms with Gasteiger partial charge in [-0.3, -0.25) is 9.69 Å². The zero-order valence-electron chi connectivity index (χ0n) is 18.3. The Kier molecular flexibility index (Phi) is 7.32. The molecule has 1 amide bonds. The van der Waals surface area contributed by atoms with Crippen LogP contribution in [0.4, 0.5) is 5.69 Å². The topological polar surface area (TPSA) is 35.6 Å². The van der Waals surface area contributed by atoms with Crippen LogP contribution in [-0.2, 0) is 6.54 Å². The molecule has 1 heterocycles. The molecule has 1 N–H and O–H groups in total. The van der Waals surface area contributed by atoms with E-state index in [1.54, 1.807) is 0 Å². The molecule has 0 unspecified atom stereocenters. The third-order valence-corrected chi connectivity index (χ3v) is 5.84. The highest BCUT2D eigenvalue weighted by Crippen LogP contribution is 2.19. The van der Waals surface area contributed by atoms with Gasteiger partial charge in [0.05, 0.1) is 0 Å². The molecule has 0 saturated carbocycles. The van der Waals surface area contributed by atoms with Crippen molar-refractivity contribution in [3.63, 3.8) is 0 Å². The lowest BCUT2D eigenvalue weighted by molar-refractivity contribution is 0.0909. The molecule has 2 aromatic rings. The Hall–Kier alpha value is -2.33. The molecule has 0 atom stereocenters. The van der Waals surface area contributed by atoms with Crippen LogP contribution in [0.5, 0.6) is 0 Å². The number of carbonyl (C=O) groups is 1. The van der Waals surface area contributed by atoms with Crippen LogP contribution in [-0.4, -0.2) is 42.5 Å². The SMILES string of the molecule is CCN(c1ccc(C(=O)NC2CCN(Cc3cccc(C)c3)CC2)cc1)C(C)C. The molecule has 1 saturated heterocycles. The van der Waals surface area contributed by atoms with Crippen molar-refractivity contribution >= 4 is 11.6 Å². The van der Waals surface area contributed by atoms with Crippen molar-refractivity contribution in [1.29, 1.82) is 0 Å². The number of amides is 1. The van der Waals surface area contributed by atoms with Crippen LogP contribution >= 0.6 is 0 Å². The van der Waals surface area contributed by atoms with E-state index in [-0.39, 0.29) is 11.9 Å². The first-order valence-electron chi connectivity index (χ1n) is 10.9. The van der Waals surface area contributed by atoms with Gasteiger partial charge in [0.1, 0.15) is 0 Å². The van der Waals surface area contributed by atoms with Crippen LogP contribution in [0.25, 0.3) is 0 Å². The molecule has 29 heavy (non-hydrogen) atoms. The van der Waals surface area contributed by atoms with E-state index in [0.29, 0.717) is 6.04 Å². The molecule has 156 valence electrons. The van der Waals surface area contributed by atoms with E-state index < -0.39 is 0 Å². The van der Waals surface area contributed by atoms with Gasteiger partial charge in [0.2, 0.25) is 0 Å². The number of rotatable bonds is 7. The van der Waals surface area contributed by atoms with E-state index in [2.05, 4.69) is 79.2 Å². The summed E-state index contributed by atoms with van der Waals surface area (Å²) in [5.74, 6) is 0.0429. The van der Waals surface area contributed by atoms with Crippen molar-refractivity contribution in [1.82, 2.24) is 10.2 Å². The minimum Gasteiger partial charge on any atom is -0.369 e. The Morgan fingerprint density at radius 2 is 1.83 bits per heavy atom. The molecule has 3 rings (SSSR count). The van der Waals surface area contributed by atoms with Gasteiger partial charge in [-0.15, -0.1) is 0 Å². The summed E-state index contributed by atoms with van der Waals surface area (Å²) < 4.78 is 0. The standard InChI is InChI=1S/C25H35N3O/c1-5-28(19(2)3)24-11-9-22(10-12-24)25(29)26-23-13-15-27(16-14-23)18-21-8-6-7-20(4)17-21/h6-12,17,19,23H,5,13-16,18H2,1-4H3,(H,26,29). The van der Waals surface area contributed by atoms with Crippen LogP contribution in [0.15, 0.2) is 48.5 Å². The molecule has 0 spiro atoms. The second kappa shape index (κ2) is 9.93. The predicted molar refractivity (Wildman–Crippen MR) is 122 cm³/mol. The van der Waals surface area contributed by atoms with Crippen molar-refractivity contribution in [2.75, 3.05) is 24.5 Å². The third-order valence-electron chi connectivity index (χ3n) is 5.84. The molecule has 0 bridgehead atoms. The zero-order valence-corrected chi connectivity index (χ0v) is 18.3. The first-order chi connectivity index (χ1) is 14.0. The van der Waals surface area contributed by atoms with Gasteiger partial charge in [-0.25, -0.2) is 0 Å². The maximum Gasteiger partial charge on any atom is 0.251 e. The number of hydrogen-bond donors (Lipinski definition) is 1. The zero-order chi connectivity index (χ0) is 20.8. The normalized spacial score (nSPS) is 15.5. The quantitative estimate of drug-likeness (QED) is 0.745. The Balaban J connectivity index is 1.49. The van der Waals surface area contributed by atoms with Crippen molar-refractivity contribution in [2.24, 2.45) is 0 Å². The van der Waals surface area contributed by atoms with Gasteiger partial charge in [0.15, 0.2) is 0 Å². The molecule has 0 aliphatic carbocycles. The van der Waals surface area contributed by atoms with E-state index in [4.69, 9.17) is 0 Å². The number of nitrogens with one attached hydrogen (secondary N) is 1. The van der Waals surface area contributed by atoms with Crippen molar-refractivity contribution in [3.05, 3.63) is 65.2 Å². The van der Waals surface area contributed by atoms with Crippen LogP contribution in [0.3, 0.4) is 0 Å². The molecule has 2 aromatic carbocycles. The first kappa shape index (κ1) is 21.4. The van der Waals surface area contributed by atoms with Crippen LogP contribution < -0.4 is 10.2 Å². The summed E-state index contributed by atoms with van der Waals surface area (Å²) in [7, 11) is 0. The van der Waals surface area contributed by atoms with Gasteiger partial charge in [0, 0.05) is 49.5 Å².